The van der Waals surface area contributed by atoms with Crippen LogP contribution in [0.3, 0.4) is 0 Å². The number of aryl methyl sites for hydroxylation is 1. The first-order valence-corrected chi connectivity index (χ1v) is 9.39. The molecule has 4 rings (SSSR count). The molecule has 124 valence electrons. The van der Waals surface area contributed by atoms with Gasteiger partial charge in [-0.2, -0.15) is 0 Å². The minimum atomic E-state index is -3.71. The van der Waals surface area contributed by atoms with Gasteiger partial charge >= 0.3 is 0 Å². The monoisotopic (exact) mass is 342 g/mol. The van der Waals surface area contributed by atoms with E-state index in [2.05, 4.69) is 14.7 Å². The number of anilines is 1. The van der Waals surface area contributed by atoms with Gasteiger partial charge < -0.3 is 4.57 Å². The molecule has 0 atom stereocenters. The summed E-state index contributed by atoms with van der Waals surface area (Å²) in [5.41, 5.74) is 1.05. The molecule has 1 aliphatic carbocycles. The smallest absolute Gasteiger partial charge is 0.264 e. The first kappa shape index (κ1) is 15.1. The molecule has 0 unspecified atom stereocenters. The predicted octanol–water partition coefficient (Wildman–Crippen LogP) is 2.72. The first-order valence-electron chi connectivity index (χ1n) is 7.91. The summed E-state index contributed by atoms with van der Waals surface area (Å²) in [5.74, 6) is 1.47. The van der Waals surface area contributed by atoms with Crippen molar-refractivity contribution in [2.45, 2.75) is 24.2 Å². The zero-order valence-electron chi connectivity index (χ0n) is 13.3. The van der Waals surface area contributed by atoms with Crippen LogP contribution in [0.5, 0.6) is 0 Å². The van der Waals surface area contributed by atoms with E-state index < -0.39 is 10.0 Å². The molecular formula is C17H18N4O2S. The van der Waals surface area contributed by atoms with E-state index in [1.807, 2.05) is 25.4 Å². The van der Waals surface area contributed by atoms with Crippen molar-refractivity contribution in [2.75, 3.05) is 4.72 Å². The molecule has 1 aromatic carbocycles. The Labute approximate surface area is 140 Å². The lowest BCUT2D eigenvalue weighted by Crippen LogP contribution is -2.15. The second-order valence-electron chi connectivity index (χ2n) is 6.26. The normalized spacial score (nSPS) is 14.9. The fourth-order valence-electron chi connectivity index (χ4n) is 2.84. The highest BCUT2D eigenvalue weighted by Gasteiger charge is 2.23. The topological polar surface area (TPSA) is 76.9 Å². The Hall–Kier alpha value is -2.41. The molecule has 6 nitrogen and oxygen atoms in total. The van der Waals surface area contributed by atoms with Crippen molar-refractivity contribution in [2.24, 2.45) is 13.0 Å². The van der Waals surface area contributed by atoms with E-state index in [0.29, 0.717) is 17.1 Å². The van der Waals surface area contributed by atoms with Gasteiger partial charge in [-0.25, -0.2) is 18.4 Å². The second-order valence-corrected chi connectivity index (χ2v) is 7.91. The van der Waals surface area contributed by atoms with E-state index >= 15 is 0 Å². The Morgan fingerprint density at radius 1 is 1.21 bits per heavy atom. The minimum absolute atomic E-state index is 0.245. The Balaban J connectivity index is 1.63. The quantitative estimate of drug-likeness (QED) is 0.773. The molecule has 1 saturated carbocycles. The van der Waals surface area contributed by atoms with Crippen LogP contribution >= 0.6 is 0 Å². The van der Waals surface area contributed by atoms with Crippen LogP contribution in [0.4, 0.5) is 5.69 Å². The molecule has 0 aliphatic heterocycles. The number of benzene rings is 1. The van der Waals surface area contributed by atoms with Gasteiger partial charge in [-0.15, -0.1) is 0 Å². The summed E-state index contributed by atoms with van der Waals surface area (Å²) in [6, 6.07) is 7.13. The molecule has 2 aromatic heterocycles. The summed E-state index contributed by atoms with van der Waals surface area (Å²) in [4.78, 5) is 8.77. The fraction of sp³-hybridized carbons (Fsp3) is 0.294. The highest BCUT2D eigenvalue weighted by molar-refractivity contribution is 7.93. The molecule has 0 spiro atoms. The molecule has 2 heterocycles. The number of para-hydroxylation sites is 1. The predicted molar refractivity (Wildman–Crippen MR) is 92.2 cm³/mol. The highest BCUT2D eigenvalue weighted by atomic mass is 32.2. The van der Waals surface area contributed by atoms with Gasteiger partial charge in [0.2, 0.25) is 0 Å². The van der Waals surface area contributed by atoms with Gasteiger partial charge in [-0.05, 0) is 30.9 Å². The van der Waals surface area contributed by atoms with Crippen LogP contribution in [0.1, 0.15) is 18.7 Å². The van der Waals surface area contributed by atoms with Crippen LogP contribution in [-0.4, -0.2) is 23.0 Å². The molecule has 1 N–H and O–H groups in total. The Morgan fingerprint density at radius 3 is 2.67 bits per heavy atom. The zero-order chi connectivity index (χ0) is 16.7. The summed E-state index contributed by atoms with van der Waals surface area (Å²) < 4.78 is 29.9. The number of rotatable bonds is 5. The average molecular weight is 342 g/mol. The summed E-state index contributed by atoms with van der Waals surface area (Å²) >= 11 is 0. The van der Waals surface area contributed by atoms with Crippen LogP contribution in [0.15, 0.2) is 47.8 Å². The van der Waals surface area contributed by atoms with Gasteiger partial charge in [0.1, 0.15) is 10.7 Å². The van der Waals surface area contributed by atoms with Gasteiger partial charge in [-0.3, -0.25) is 4.72 Å². The van der Waals surface area contributed by atoms with E-state index in [1.165, 1.54) is 25.2 Å². The van der Waals surface area contributed by atoms with Crippen LogP contribution < -0.4 is 4.72 Å². The standard InChI is InChI=1S/C17H18N4O2S/c1-21-8-7-13-3-2-4-15(17(13)21)24(22,23)20-14-10-18-16(19-11-14)9-12-5-6-12/h2-4,7-8,10-12,20H,5-6,9H2,1H3. The van der Waals surface area contributed by atoms with Crippen LogP contribution in [0.2, 0.25) is 0 Å². The van der Waals surface area contributed by atoms with Crippen molar-refractivity contribution >= 4 is 26.6 Å². The highest BCUT2D eigenvalue weighted by Crippen LogP contribution is 2.31. The maximum atomic E-state index is 12.8. The maximum Gasteiger partial charge on any atom is 0.264 e. The number of fused-ring (bicyclic) bond motifs is 1. The molecule has 1 fully saturated rings. The number of sulfonamides is 1. The summed E-state index contributed by atoms with van der Waals surface area (Å²) in [6.07, 6.45) is 8.26. The first-order chi connectivity index (χ1) is 11.5. The van der Waals surface area contributed by atoms with Crippen molar-refractivity contribution in [1.29, 1.82) is 0 Å². The molecule has 24 heavy (non-hydrogen) atoms. The molecule has 1 aliphatic rings. The van der Waals surface area contributed by atoms with Crippen molar-refractivity contribution in [3.8, 4) is 0 Å². The molecule has 7 heteroatoms. The molecule has 3 aromatic rings. The summed E-state index contributed by atoms with van der Waals surface area (Å²) in [5, 5.41) is 0.886. The minimum Gasteiger partial charge on any atom is -0.349 e. The van der Waals surface area contributed by atoms with Crippen LogP contribution in [0, 0.1) is 5.92 Å². The third-order valence-corrected chi connectivity index (χ3v) is 5.69. The van der Waals surface area contributed by atoms with E-state index in [1.54, 1.807) is 16.7 Å². The lowest BCUT2D eigenvalue weighted by Gasteiger charge is -2.10. The SMILES string of the molecule is Cn1ccc2cccc(S(=O)(=O)Nc3cnc(CC4CC4)nc3)c21. The van der Waals surface area contributed by atoms with Crippen molar-refractivity contribution in [3.05, 3.63) is 48.7 Å². The number of aromatic nitrogens is 3. The number of hydrogen-bond acceptors (Lipinski definition) is 4. The molecule has 0 radical (unpaired) electrons. The van der Waals surface area contributed by atoms with E-state index in [4.69, 9.17) is 0 Å². The molecule has 0 saturated heterocycles. The third-order valence-electron chi connectivity index (χ3n) is 4.28. The second kappa shape index (κ2) is 5.59. The number of nitrogens with one attached hydrogen (secondary N) is 1. The Bertz CT molecular complexity index is 989. The largest absolute Gasteiger partial charge is 0.349 e. The van der Waals surface area contributed by atoms with Gasteiger partial charge in [0.15, 0.2) is 0 Å². The van der Waals surface area contributed by atoms with Gasteiger partial charge in [-0.1, -0.05) is 12.1 Å². The third kappa shape index (κ3) is 2.87. The molecule has 0 bridgehead atoms. The Kier molecular flexibility index (Phi) is 3.53. The maximum absolute atomic E-state index is 12.8. The molecule has 0 amide bonds. The van der Waals surface area contributed by atoms with Crippen molar-refractivity contribution in [3.63, 3.8) is 0 Å². The lowest BCUT2D eigenvalue weighted by molar-refractivity contribution is 0.601. The summed E-state index contributed by atoms with van der Waals surface area (Å²) in [6.45, 7) is 0. The van der Waals surface area contributed by atoms with Gasteiger partial charge in [0.25, 0.3) is 10.0 Å². The lowest BCUT2D eigenvalue weighted by atomic mass is 10.2. The average Bonchev–Trinajstić information content (AvgIpc) is 3.30. The van der Waals surface area contributed by atoms with Crippen LogP contribution in [-0.2, 0) is 23.5 Å². The fourth-order valence-corrected chi connectivity index (χ4v) is 4.14. The van der Waals surface area contributed by atoms with Gasteiger partial charge in [0, 0.05) is 25.1 Å². The van der Waals surface area contributed by atoms with E-state index in [0.717, 1.165) is 17.6 Å². The number of hydrogen-bond donors (Lipinski definition) is 1. The van der Waals surface area contributed by atoms with Crippen LogP contribution in [0.25, 0.3) is 10.9 Å². The number of nitrogens with zero attached hydrogens (tertiary/aromatic N) is 3. The van der Waals surface area contributed by atoms with E-state index in [-0.39, 0.29) is 4.90 Å². The van der Waals surface area contributed by atoms with Gasteiger partial charge in [0.05, 0.1) is 23.6 Å². The summed E-state index contributed by atoms with van der Waals surface area (Å²) in [7, 11) is -1.88. The Morgan fingerprint density at radius 2 is 1.96 bits per heavy atom. The van der Waals surface area contributed by atoms with Crippen molar-refractivity contribution < 1.29 is 8.42 Å². The molecular weight excluding hydrogens is 324 g/mol. The van der Waals surface area contributed by atoms with Crippen molar-refractivity contribution in [1.82, 2.24) is 14.5 Å². The zero-order valence-corrected chi connectivity index (χ0v) is 14.1. The van der Waals surface area contributed by atoms with E-state index in [9.17, 15) is 8.42 Å².